The van der Waals surface area contributed by atoms with Gasteiger partial charge in [-0.05, 0) is 18.6 Å². The number of carbonyl (C=O) groups is 1. The van der Waals surface area contributed by atoms with E-state index in [1.54, 1.807) is 18.0 Å². The Morgan fingerprint density at radius 2 is 2.24 bits per heavy atom. The first-order chi connectivity index (χ1) is 10.2. The lowest BCUT2D eigenvalue weighted by Gasteiger charge is -2.15. The molecule has 0 fully saturated rings. The zero-order valence-electron chi connectivity index (χ0n) is 12.2. The molecule has 21 heavy (non-hydrogen) atoms. The van der Waals surface area contributed by atoms with Crippen LogP contribution >= 0.6 is 11.8 Å². The molecular weight excluding hydrogens is 288 g/mol. The van der Waals surface area contributed by atoms with Crippen molar-refractivity contribution in [1.29, 1.82) is 0 Å². The van der Waals surface area contributed by atoms with Gasteiger partial charge in [-0.2, -0.15) is 0 Å². The third-order valence-corrected chi connectivity index (χ3v) is 4.36. The Balaban J connectivity index is 2.08. The number of hydrogen-bond donors (Lipinski definition) is 1. The molecule has 1 aromatic carbocycles. The molecule has 0 radical (unpaired) electrons. The largest absolute Gasteiger partial charge is 0.495 e. The molecule has 0 saturated heterocycles. The Morgan fingerprint density at radius 1 is 1.48 bits per heavy atom. The van der Waals surface area contributed by atoms with Crippen LogP contribution in [0.2, 0.25) is 0 Å². The molecule has 1 atom stereocenters. The number of nitrogens with zero attached hydrogens (tertiary/aromatic N) is 3. The molecule has 112 valence electrons. The Kier molecular flexibility index (Phi) is 5.21. The van der Waals surface area contributed by atoms with E-state index < -0.39 is 0 Å². The second kappa shape index (κ2) is 7.12. The zero-order chi connectivity index (χ0) is 15.2. The second-order valence-electron chi connectivity index (χ2n) is 4.43. The van der Waals surface area contributed by atoms with Crippen LogP contribution in [0.5, 0.6) is 5.75 Å². The molecule has 1 heterocycles. The zero-order valence-corrected chi connectivity index (χ0v) is 13.1. The van der Waals surface area contributed by atoms with Crippen LogP contribution in [0.1, 0.15) is 13.3 Å². The summed E-state index contributed by atoms with van der Waals surface area (Å²) >= 11 is 1.40. The minimum Gasteiger partial charge on any atom is -0.495 e. The first-order valence-corrected chi connectivity index (χ1v) is 7.48. The summed E-state index contributed by atoms with van der Waals surface area (Å²) in [6.45, 7) is 1.97. The normalized spacial score (nSPS) is 12.0. The van der Waals surface area contributed by atoms with Crippen LogP contribution in [0, 0.1) is 0 Å². The lowest BCUT2D eigenvalue weighted by molar-refractivity contribution is -0.115. The summed E-state index contributed by atoms with van der Waals surface area (Å²) in [5.74, 6) is 0.569. The molecule has 0 aliphatic heterocycles. The quantitative estimate of drug-likeness (QED) is 0.830. The maximum absolute atomic E-state index is 12.4. The van der Waals surface area contributed by atoms with Crippen LogP contribution in [0.3, 0.4) is 0 Å². The minimum atomic E-state index is -0.238. The second-order valence-corrected chi connectivity index (χ2v) is 5.60. The van der Waals surface area contributed by atoms with Gasteiger partial charge in [-0.3, -0.25) is 4.79 Å². The van der Waals surface area contributed by atoms with Crippen molar-refractivity contribution < 1.29 is 9.53 Å². The average molecular weight is 306 g/mol. The third kappa shape index (κ3) is 3.75. The maximum Gasteiger partial charge on any atom is 0.238 e. The van der Waals surface area contributed by atoms with Crippen molar-refractivity contribution in [1.82, 2.24) is 14.8 Å². The van der Waals surface area contributed by atoms with E-state index in [2.05, 4.69) is 15.5 Å². The number of aryl methyl sites for hydroxylation is 1. The van der Waals surface area contributed by atoms with Crippen molar-refractivity contribution in [2.75, 3.05) is 12.4 Å². The van der Waals surface area contributed by atoms with Crippen LogP contribution in [-0.4, -0.2) is 33.0 Å². The molecule has 7 heteroatoms. The Bertz CT molecular complexity index is 615. The number of carbonyl (C=O) groups excluding carboxylic acids is 1. The molecule has 0 aliphatic carbocycles. The van der Waals surface area contributed by atoms with Crippen molar-refractivity contribution in [3.05, 3.63) is 30.6 Å². The van der Waals surface area contributed by atoms with E-state index in [1.165, 1.54) is 11.8 Å². The number of rotatable bonds is 6. The van der Waals surface area contributed by atoms with Gasteiger partial charge in [0.15, 0.2) is 5.16 Å². The van der Waals surface area contributed by atoms with Crippen molar-refractivity contribution in [2.45, 2.75) is 23.8 Å². The van der Waals surface area contributed by atoms with Crippen LogP contribution < -0.4 is 10.1 Å². The molecule has 2 rings (SSSR count). The fourth-order valence-electron chi connectivity index (χ4n) is 1.79. The molecular formula is C14H18N4O2S. The lowest BCUT2D eigenvalue weighted by atomic mass is 10.2. The highest BCUT2D eigenvalue weighted by Gasteiger charge is 2.21. The van der Waals surface area contributed by atoms with E-state index in [9.17, 15) is 4.79 Å². The van der Waals surface area contributed by atoms with Crippen molar-refractivity contribution >= 4 is 23.4 Å². The number of thioether (sulfide) groups is 1. The predicted octanol–water partition coefficient (Wildman–Crippen LogP) is 2.33. The van der Waals surface area contributed by atoms with E-state index in [0.29, 0.717) is 17.9 Å². The monoisotopic (exact) mass is 306 g/mol. The molecule has 0 aliphatic rings. The van der Waals surface area contributed by atoms with Crippen LogP contribution in [0.25, 0.3) is 0 Å². The van der Waals surface area contributed by atoms with Gasteiger partial charge in [0.2, 0.25) is 5.91 Å². The number of amides is 1. The number of para-hydroxylation sites is 2. The van der Waals surface area contributed by atoms with E-state index >= 15 is 0 Å². The van der Waals surface area contributed by atoms with Crippen LogP contribution in [0.4, 0.5) is 5.69 Å². The van der Waals surface area contributed by atoms with Crippen molar-refractivity contribution in [3.63, 3.8) is 0 Å². The van der Waals surface area contributed by atoms with Crippen molar-refractivity contribution in [2.24, 2.45) is 7.05 Å². The van der Waals surface area contributed by atoms with Gasteiger partial charge < -0.3 is 14.6 Å². The smallest absolute Gasteiger partial charge is 0.238 e. The Morgan fingerprint density at radius 3 is 2.86 bits per heavy atom. The summed E-state index contributed by atoms with van der Waals surface area (Å²) in [7, 11) is 3.43. The molecule has 0 unspecified atom stereocenters. The first kappa shape index (κ1) is 15.4. The maximum atomic E-state index is 12.4. The molecule has 6 nitrogen and oxygen atoms in total. The first-order valence-electron chi connectivity index (χ1n) is 6.60. The topological polar surface area (TPSA) is 69.0 Å². The highest BCUT2D eigenvalue weighted by atomic mass is 32.2. The van der Waals surface area contributed by atoms with Gasteiger partial charge in [0.25, 0.3) is 0 Å². The number of methoxy groups -OCH3 is 1. The Labute approximate surface area is 127 Å². The van der Waals surface area contributed by atoms with Gasteiger partial charge in [0.1, 0.15) is 12.1 Å². The van der Waals surface area contributed by atoms with Gasteiger partial charge in [0.05, 0.1) is 18.0 Å². The highest BCUT2D eigenvalue weighted by molar-refractivity contribution is 8.00. The summed E-state index contributed by atoms with van der Waals surface area (Å²) in [5.41, 5.74) is 0.669. The van der Waals surface area contributed by atoms with Gasteiger partial charge >= 0.3 is 0 Å². The van der Waals surface area contributed by atoms with E-state index in [0.717, 1.165) is 5.16 Å². The molecule has 0 spiro atoms. The fourth-order valence-corrected chi connectivity index (χ4v) is 2.68. The standard InChI is InChI=1S/C14H18N4O2S/c1-4-12(21-14-17-15-9-18(14)2)13(19)16-10-7-5-6-8-11(10)20-3/h5-9,12H,4H2,1-3H3,(H,16,19)/t12-/m1/s1. The third-order valence-electron chi connectivity index (χ3n) is 2.95. The molecule has 1 N–H and O–H groups in total. The Hall–Kier alpha value is -2.02. The predicted molar refractivity (Wildman–Crippen MR) is 82.6 cm³/mol. The number of anilines is 1. The number of ether oxygens (including phenoxy) is 1. The summed E-state index contributed by atoms with van der Waals surface area (Å²) in [6, 6.07) is 7.35. The van der Waals surface area contributed by atoms with Crippen LogP contribution in [-0.2, 0) is 11.8 Å². The van der Waals surface area contributed by atoms with Gasteiger partial charge in [0, 0.05) is 7.05 Å². The number of nitrogens with one attached hydrogen (secondary N) is 1. The highest BCUT2D eigenvalue weighted by Crippen LogP contribution is 2.27. The van der Waals surface area contributed by atoms with Crippen LogP contribution in [0.15, 0.2) is 35.7 Å². The van der Waals surface area contributed by atoms with E-state index in [1.807, 2.05) is 38.2 Å². The van der Waals surface area contributed by atoms with Gasteiger partial charge in [-0.25, -0.2) is 0 Å². The molecule has 1 aromatic heterocycles. The van der Waals surface area contributed by atoms with Gasteiger partial charge in [-0.1, -0.05) is 30.8 Å². The number of aromatic nitrogens is 3. The van der Waals surface area contributed by atoms with Crippen molar-refractivity contribution in [3.8, 4) is 5.75 Å². The fraction of sp³-hybridized carbons (Fsp3) is 0.357. The molecule has 0 saturated carbocycles. The lowest BCUT2D eigenvalue weighted by Crippen LogP contribution is -2.25. The molecule has 2 aromatic rings. The number of benzene rings is 1. The minimum absolute atomic E-state index is 0.0741. The summed E-state index contributed by atoms with van der Waals surface area (Å²) in [6.07, 6.45) is 2.31. The molecule has 1 amide bonds. The van der Waals surface area contributed by atoms with Gasteiger partial charge in [-0.15, -0.1) is 10.2 Å². The summed E-state index contributed by atoms with van der Waals surface area (Å²) in [4.78, 5) is 12.4. The SMILES string of the molecule is CC[C@@H](Sc1nncn1C)C(=O)Nc1ccccc1OC. The van der Waals surface area contributed by atoms with E-state index in [4.69, 9.17) is 4.74 Å². The summed E-state index contributed by atoms with van der Waals surface area (Å²) < 4.78 is 7.03. The van der Waals surface area contributed by atoms with E-state index in [-0.39, 0.29) is 11.2 Å². The number of hydrogen-bond acceptors (Lipinski definition) is 5. The summed E-state index contributed by atoms with van der Waals surface area (Å²) in [5, 5.41) is 11.2. The average Bonchev–Trinajstić information content (AvgIpc) is 2.90. The molecule has 0 bridgehead atoms.